The number of piperidine rings is 1. The number of amides is 1. The van der Waals surface area contributed by atoms with Gasteiger partial charge in [-0.1, -0.05) is 0 Å². The van der Waals surface area contributed by atoms with Crippen molar-refractivity contribution in [2.45, 2.75) is 75.7 Å². The van der Waals surface area contributed by atoms with Gasteiger partial charge in [0.15, 0.2) is 0 Å². The van der Waals surface area contributed by atoms with Crippen molar-refractivity contribution >= 4 is 5.91 Å². The lowest BCUT2D eigenvalue weighted by Gasteiger charge is -2.50. The molecule has 1 amide bonds. The molecule has 1 aliphatic heterocycles. The van der Waals surface area contributed by atoms with Crippen molar-refractivity contribution in [3.63, 3.8) is 0 Å². The Hall–Kier alpha value is -1.10. The van der Waals surface area contributed by atoms with Gasteiger partial charge in [-0.05, 0) is 40.5 Å². The first-order chi connectivity index (χ1) is 10.4. The van der Waals surface area contributed by atoms with Gasteiger partial charge in [0.05, 0.1) is 0 Å². The van der Waals surface area contributed by atoms with Gasteiger partial charge in [-0.2, -0.15) is 30.7 Å². The third kappa shape index (κ3) is 3.46. The Morgan fingerprint density at radius 1 is 0.958 bits per heavy atom. The van der Waals surface area contributed by atoms with Gasteiger partial charge in [-0.3, -0.25) is 4.79 Å². The van der Waals surface area contributed by atoms with Crippen molar-refractivity contribution in [3.8, 4) is 0 Å². The summed E-state index contributed by atoms with van der Waals surface area (Å²) >= 11 is 0. The number of rotatable bonds is 3. The fourth-order valence-corrected chi connectivity index (χ4v) is 2.96. The van der Waals surface area contributed by atoms with E-state index in [1.54, 1.807) is 0 Å². The molecule has 1 N–H and O–H groups in total. The quantitative estimate of drug-likeness (QED) is 0.779. The van der Waals surface area contributed by atoms with Crippen molar-refractivity contribution in [1.82, 2.24) is 10.4 Å². The lowest BCUT2D eigenvalue weighted by Crippen LogP contribution is -2.65. The summed E-state index contributed by atoms with van der Waals surface area (Å²) in [6, 6.07) is -1.15. The molecule has 0 aromatic rings. The second-order valence-corrected chi connectivity index (χ2v) is 7.14. The molecule has 1 radical (unpaired) electrons. The predicted molar refractivity (Wildman–Crippen MR) is 67.8 cm³/mol. The van der Waals surface area contributed by atoms with E-state index >= 15 is 0 Å². The molecule has 0 aromatic heterocycles. The molecule has 1 heterocycles. The summed E-state index contributed by atoms with van der Waals surface area (Å²) in [5.74, 6) is -15.2. The highest BCUT2D eigenvalue weighted by molar-refractivity contribution is 5.85. The highest BCUT2D eigenvalue weighted by Crippen LogP contribution is 2.47. The van der Waals surface area contributed by atoms with Crippen LogP contribution in [0.1, 0.15) is 40.5 Å². The number of halogens is 7. The van der Waals surface area contributed by atoms with Gasteiger partial charge >= 0.3 is 18.0 Å². The number of carbonyl (C=O) groups is 1. The number of alkyl halides is 7. The van der Waals surface area contributed by atoms with Crippen LogP contribution in [0.2, 0.25) is 0 Å². The van der Waals surface area contributed by atoms with Gasteiger partial charge in [0.25, 0.3) is 5.91 Å². The maximum atomic E-state index is 13.4. The number of hydrogen-bond donors (Lipinski definition) is 1. The molecule has 0 atom stereocenters. The number of carbonyl (C=O) groups excluding carboxylic acids is 1. The van der Waals surface area contributed by atoms with E-state index in [1.807, 2.05) is 0 Å². The number of hydrogen-bond acceptors (Lipinski definition) is 2. The zero-order valence-corrected chi connectivity index (χ0v) is 13.4. The van der Waals surface area contributed by atoms with Gasteiger partial charge in [-0.15, -0.1) is 10.3 Å². The van der Waals surface area contributed by atoms with E-state index in [9.17, 15) is 40.7 Å². The van der Waals surface area contributed by atoms with Crippen LogP contribution in [-0.4, -0.2) is 46.1 Å². The summed E-state index contributed by atoms with van der Waals surface area (Å²) in [7, 11) is 0. The lowest BCUT2D eigenvalue weighted by atomic mass is 9.79. The van der Waals surface area contributed by atoms with Crippen LogP contribution in [0, 0.1) is 0 Å². The molecule has 0 spiro atoms. The first kappa shape index (κ1) is 20.9. The summed E-state index contributed by atoms with van der Waals surface area (Å²) in [5, 5.41) is 14.3. The third-order valence-corrected chi connectivity index (χ3v) is 3.96. The van der Waals surface area contributed by atoms with Gasteiger partial charge in [0.2, 0.25) is 0 Å². The molecule has 0 unspecified atom stereocenters. The molecule has 4 nitrogen and oxygen atoms in total. The van der Waals surface area contributed by atoms with Crippen molar-refractivity contribution in [1.29, 1.82) is 0 Å². The minimum atomic E-state index is -6.58. The average Bonchev–Trinajstić information content (AvgIpc) is 2.33. The van der Waals surface area contributed by atoms with Crippen LogP contribution in [0.25, 0.3) is 0 Å². The molecule has 0 bridgehead atoms. The highest BCUT2D eigenvalue weighted by Gasteiger charge is 2.76. The fraction of sp³-hybridized carbons (Fsp3) is 0.923. The van der Waals surface area contributed by atoms with Crippen LogP contribution in [-0.2, 0) is 10.0 Å². The lowest BCUT2D eigenvalue weighted by molar-refractivity contribution is -0.344. The summed E-state index contributed by atoms with van der Waals surface area (Å²) in [6.07, 6.45) is -6.94. The molecule has 0 aromatic carbocycles. The molecule has 1 rings (SSSR count). The first-order valence-electron chi connectivity index (χ1n) is 6.97. The monoisotopic (exact) mass is 367 g/mol. The van der Waals surface area contributed by atoms with Gasteiger partial charge in [0, 0.05) is 17.1 Å². The smallest absolute Gasteiger partial charge is 0.348 e. The standard InChI is InChI=1S/C13H18F7N2O2/c1-9(2)5-7(6-10(3,4)22(9)24)21-8(23)11(14,15)12(16,17)13(18,19)20/h7H,5-6H2,1-4H3,(H,21,23). The Morgan fingerprint density at radius 3 is 1.67 bits per heavy atom. The molecule has 1 saturated heterocycles. The van der Waals surface area contributed by atoms with E-state index in [-0.39, 0.29) is 12.8 Å². The molecular formula is C13H18F7N2O2. The van der Waals surface area contributed by atoms with Crippen LogP contribution in [0.15, 0.2) is 0 Å². The molecule has 1 aliphatic rings. The molecule has 1 fully saturated rings. The third-order valence-electron chi connectivity index (χ3n) is 3.96. The van der Waals surface area contributed by atoms with Crippen LogP contribution in [0.4, 0.5) is 30.7 Å². The number of hydroxylamine groups is 2. The Kier molecular flexibility index (Phi) is 4.99. The topological polar surface area (TPSA) is 52.2 Å². The van der Waals surface area contributed by atoms with E-state index < -0.39 is 41.0 Å². The number of nitrogens with zero attached hydrogens (tertiary/aromatic N) is 1. The molecule has 24 heavy (non-hydrogen) atoms. The van der Waals surface area contributed by atoms with Crippen LogP contribution < -0.4 is 5.32 Å². The fourth-order valence-electron chi connectivity index (χ4n) is 2.96. The van der Waals surface area contributed by atoms with Crippen LogP contribution in [0.3, 0.4) is 0 Å². The maximum absolute atomic E-state index is 13.4. The van der Waals surface area contributed by atoms with Gasteiger partial charge < -0.3 is 5.32 Å². The summed E-state index contributed by atoms with van der Waals surface area (Å²) in [4.78, 5) is 11.4. The van der Waals surface area contributed by atoms with Crippen LogP contribution in [0.5, 0.6) is 0 Å². The van der Waals surface area contributed by atoms with Crippen LogP contribution >= 0.6 is 0 Å². The van der Waals surface area contributed by atoms with Crippen molar-refractivity contribution in [2.24, 2.45) is 0 Å². The molecular weight excluding hydrogens is 349 g/mol. The summed E-state index contributed by atoms with van der Waals surface area (Å²) in [6.45, 7) is 5.79. The highest BCUT2D eigenvalue weighted by atomic mass is 19.4. The van der Waals surface area contributed by atoms with Crippen molar-refractivity contribution in [2.75, 3.05) is 0 Å². The Balaban J connectivity index is 2.99. The zero-order chi connectivity index (χ0) is 19.4. The number of nitrogens with one attached hydrogen (secondary N) is 1. The van der Waals surface area contributed by atoms with Gasteiger partial charge in [0.1, 0.15) is 0 Å². The van der Waals surface area contributed by atoms with E-state index in [2.05, 4.69) is 0 Å². The van der Waals surface area contributed by atoms with Gasteiger partial charge in [-0.25, -0.2) is 0 Å². The summed E-state index contributed by atoms with van der Waals surface area (Å²) < 4.78 is 88.8. The van der Waals surface area contributed by atoms with E-state index in [1.165, 1.54) is 33.0 Å². The summed E-state index contributed by atoms with van der Waals surface area (Å²) in [5.41, 5.74) is -2.25. The Morgan fingerprint density at radius 2 is 1.33 bits per heavy atom. The van der Waals surface area contributed by atoms with Crippen molar-refractivity contribution < 1.29 is 40.7 Å². The molecule has 11 heteroatoms. The normalized spacial score (nSPS) is 23.2. The Labute approximate surface area is 133 Å². The van der Waals surface area contributed by atoms with Crippen molar-refractivity contribution in [3.05, 3.63) is 0 Å². The molecule has 141 valence electrons. The minimum absolute atomic E-state index is 0.181. The van der Waals surface area contributed by atoms with E-state index in [4.69, 9.17) is 0 Å². The van der Waals surface area contributed by atoms with E-state index in [0.29, 0.717) is 5.06 Å². The molecule has 0 saturated carbocycles. The minimum Gasteiger partial charge on any atom is -0.348 e. The average molecular weight is 367 g/mol. The second kappa shape index (κ2) is 5.72. The first-order valence-corrected chi connectivity index (χ1v) is 6.97. The predicted octanol–water partition coefficient (Wildman–Crippen LogP) is 3.30. The maximum Gasteiger partial charge on any atom is 0.460 e. The SMILES string of the molecule is CC1(C)CC(NC(=O)C(F)(F)C(F)(F)C(F)(F)F)CC(C)(C)N1[O]. The Bertz CT molecular complexity index is 485. The zero-order valence-electron chi connectivity index (χ0n) is 13.4. The van der Waals surface area contributed by atoms with E-state index in [0.717, 1.165) is 0 Å². The molecule has 0 aliphatic carbocycles. The second-order valence-electron chi connectivity index (χ2n) is 7.14. The largest absolute Gasteiger partial charge is 0.460 e.